The number of hydrogen-bond donors (Lipinski definition) is 1. The Morgan fingerprint density at radius 1 is 0.975 bits per heavy atom. The van der Waals surface area contributed by atoms with Crippen LogP contribution in [0, 0.1) is 17.0 Å². The van der Waals surface area contributed by atoms with Crippen LogP contribution in [0.3, 0.4) is 0 Å². The zero-order chi connectivity index (χ0) is 29.4. The van der Waals surface area contributed by atoms with E-state index in [-0.39, 0.29) is 34.8 Å². The van der Waals surface area contributed by atoms with Gasteiger partial charge in [-0.2, -0.15) is 0 Å². The van der Waals surface area contributed by atoms with Gasteiger partial charge < -0.3 is 10.2 Å². The van der Waals surface area contributed by atoms with E-state index in [1.807, 2.05) is 45.0 Å². The summed E-state index contributed by atoms with van der Waals surface area (Å²) in [6.45, 7) is 6.77. The molecule has 2 atom stereocenters. The molecule has 3 aromatic carbocycles. The van der Waals surface area contributed by atoms with Gasteiger partial charge in [0.2, 0.25) is 11.8 Å². The molecule has 11 heteroatoms. The number of sulfonamides is 1. The topological polar surface area (TPSA) is 130 Å². The molecule has 212 valence electrons. The number of nitro benzene ring substituents is 1. The average Bonchev–Trinajstić information content (AvgIpc) is 2.94. The lowest BCUT2D eigenvalue weighted by Crippen LogP contribution is -2.52. The second-order valence-electron chi connectivity index (χ2n) is 9.60. The van der Waals surface area contributed by atoms with Crippen molar-refractivity contribution < 1.29 is 22.9 Å². The van der Waals surface area contributed by atoms with Gasteiger partial charge in [0, 0.05) is 24.7 Å². The molecule has 40 heavy (non-hydrogen) atoms. The summed E-state index contributed by atoms with van der Waals surface area (Å²) in [5.74, 6) is -0.964. The Hall–Kier alpha value is -4.25. The highest BCUT2D eigenvalue weighted by molar-refractivity contribution is 7.92. The molecule has 2 amide bonds. The summed E-state index contributed by atoms with van der Waals surface area (Å²) in [5, 5.41) is 14.1. The minimum Gasteiger partial charge on any atom is -0.352 e. The third-order valence-electron chi connectivity index (χ3n) is 6.56. The van der Waals surface area contributed by atoms with Crippen molar-refractivity contribution >= 4 is 33.2 Å². The smallest absolute Gasteiger partial charge is 0.269 e. The summed E-state index contributed by atoms with van der Waals surface area (Å²) in [4.78, 5) is 38.9. The van der Waals surface area contributed by atoms with Crippen molar-refractivity contribution in [1.29, 1.82) is 0 Å². The first-order valence-electron chi connectivity index (χ1n) is 12.9. The molecular formula is C29H34N4O6S. The quantitative estimate of drug-likeness (QED) is 0.255. The van der Waals surface area contributed by atoms with Gasteiger partial charge in [0.25, 0.3) is 15.7 Å². The number of nitrogens with zero attached hydrogens (tertiary/aromatic N) is 3. The Kier molecular flexibility index (Phi) is 10.0. The number of nitrogens with one attached hydrogen (secondary N) is 1. The summed E-state index contributed by atoms with van der Waals surface area (Å²) in [6, 6.07) is 19.0. The number of carbonyl (C=O) groups is 2. The average molecular weight is 567 g/mol. The van der Waals surface area contributed by atoms with Crippen LogP contribution >= 0.6 is 0 Å². The van der Waals surface area contributed by atoms with E-state index >= 15 is 0 Å². The molecule has 0 spiro atoms. The molecule has 0 aliphatic heterocycles. The van der Waals surface area contributed by atoms with Crippen LogP contribution in [0.5, 0.6) is 0 Å². The number of aryl methyl sites for hydroxylation is 1. The van der Waals surface area contributed by atoms with E-state index in [1.165, 1.54) is 41.3 Å². The second-order valence-corrected chi connectivity index (χ2v) is 11.5. The summed E-state index contributed by atoms with van der Waals surface area (Å²) in [6.07, 6.45) is 0.702. The highest BCUT2D eigenvalue weighted by atomic mass is 32.2. The van der Waals surface area contributed by atoms with Crippen LogP contribution in [-0.2, 0) is 26.2 Å². The molecule has 0 saturated carbocycles. The third-order valence-corrected chi connectivity index (χ3v) is 8.35. The van der Waals surface area contributed by atoms with E-state index in [4.69, 9.17) is 0 Å². The lowest BCUT2D eigenvalue weighted by atomic mass is 10.1. The van der Waals surface area contributed by atoms with Crippen LogP contribution in [-0.4, -0.2) is 48.7 Å². The van der Waals surface area contributed by atoms with Crippen molar-refractivity contribution in [2.45, 2.75) is 57.6 Å². The number of rotatable bonds is 12. The van der Waals surface area contributed by atoms with Crippen molar-refractivity contribution in [2.75, 3.05) is 10.8 Å². The molecule has 0 aliphatic rings. The molecule has 0 aromatic heterocycles. The van der Waals surface area contributed by atoms with Gasteiger partial charge in [0.05, 0.1) is 15.5 Å². The van der Waals surface area contributed by atoms with E-state index in [0.717, 1.165) is 15.4 Å². The maximum atomic E-state index is 13.9. The first-order chi connectivity index (χ1) is 18.9. The maximum absolute atomic E-state index is 13.9. The fraction of sp³-hybridized carbons (Fsp3) is 0.310. The molecule has 10 nitrogen and oxygen atoms in total. The zero-order valence-electron chi connectivity index (χ0n) is 23.0. The summed E-state index contributed by atoms with van der Waals surface area (Å²) in [5.41, 5.74) is 1.61. The predicted molar refractivity (Wildman–Crippen MR) is 153 cm³/mol. The Labute approximate surface area is 234 Å². The molecule has 0 aliphatic carbocycles. The Balaban J connectivity index is 2.03. The van der Waals surface area contributed by atoms with Gasteiger partial charge in [-0.3, -0.25) is 24.0 Å². The molecular weight excluding hydrogens is 532 g/mol. The van der Waals surface area contributed by atoms with Crippen molar-refractivity contribution in [2.24, 2.45) is 0 Å². The van der Waals surface area contributed by atoms with Crippen LogP contribution in [0.15, 0.2) is 83.8 Å². The summed E-state index contributed by atoms with van der Waals surface area (Å²) >= 11 is 0. The largest absolute Gasteiger partial charge is 0.352 e. The van der Waals surface area contributed by atoms with E-state index in [9.17, 15) is 28.1 Å². The number of benzene rings is 3. The van der Waals surface area contributed by atoms with E-state index < -0.39 is 33.4 Å². The van der Waals surface area contributed by atoms with Gasteiger partial charge >= 0.3 is 0 Å². The van der Waals surface area contributed by atoms with Crippen molar-refractivity contribution in [3.8, 4) is 0 Å². The normalized spacial score (nSPS) is 12.7. The Morgan fingerprint density at radius 3 is 2.20 bits per heavy atom. The Morgan fingerprint density at radius 2 is 1.62 bits per heavy atom. The standard InChI is InChI=1S/C29H34N4O6S/c1-5-22(3)30-29(35)23(4)31(19-24-11-9-10-21(2)18-24)28(34)20-32(25-14-16-26(17-15-25)33(36)37)40(38,39)27-12-7-6-8-13-27/h6-18,22-23H,5,19-20H2,1-4H3,(H,30,35). The number of nitro groups is 1. The lowest BCUT2D eigenvalue weighted by Gasteiger charge is -2.32. The molecule has 0 radical (unpaired) electrons. The van der Waals surface area contributed by atoms with E-state index in [1.54, 1.807) is 25.1 Å². The van der Waals surface area contributed by atoms with Crippen molar-refractivity contribution in [3.05, 3.63) is 100 Å². The highest BCUT2D eigenvalue weighted by Crippen LogP contribution is 2.26. The van der Waals surface area contributed by atoms with Crippen molar-refractivity contribution in [3.63, 3.8) is 0 Å². The fourth-order valence-electron chi connectivity index (χ4n) is 4.04. The first kappa shape index (κ1) is 30.3. The van der Waals surface area contributed by atoms with E-state index in [2.05, 4.69) is 5.32 Å². The third kappa shape index (κ3) is 7.44. The molecule has 0 fully saturated rings. The number of carbonyl (C=O) groups excluding carboxylic acids is 2. The first-order valence-corrected chi connectivity index (χ1v) is 14.4. The minimum absolute atomic E-state index is 0.0473. The second kappa shape index (κ2) is 13.2. The fourth-order valence-corrected chi connectivity index (χ4v) is 5.48. The number of non-ortho nitro benzene ring substituents is 1. The van der Waals surface area contributed by atoms with Crippen LogP contribution in [0.1, 0.15) is 38.3 Å². The van der Waals surface area contributed by atoms with Crippen LogP contribution in [0.2, 0.25) is 0 Å². The summed E-state index contributed by atoms with van der Waals surface area (Å²) < 4.78 is 28.4. The van der Waals surface area contributed by atoms with Crippen LogP contribution in [0.25, 0.3) is 0 Å². The van der Waals surface area contributed by atoms with Crippen LogP contribution in [0.4, 0.5) is 11.4 Å². The lowest BCUT2D eigenvalue weighted by molar-refractivity contribution is -0.384. The van der Waals surface area contributed by atoms with Crippen LogP contribution < -0.4 is 9.62 Å². The number of amides is 2. The molecule has 3 aromatic rings. The van der Waals surface area contributed by atoms with Gasteiger partial charge in [0.1, 0.15) is 12.6 Å². The Bertz CT molecular complexity index is 1440. The number of anilines is 1. The molecule has 0 bridgehead atoms. The molecule has 0 saturated heterocycles. The van der Waals surface area contributed by atoms with Gasteiger partial charge in [-0.1, -0.05) is 55.0 Å². The highest BCUT2D eigenvalue weighted by Gasteiger charge is 2.33. The van der Waals surface area contributed by atoms with Crippen molar-refractivity contribution in [1.82, 2.24) is 10.2 Å². The molecule has 1 N–H and O–H groups in total. The van der Waals surface area contributed by atoms with Gasteiger partial charge in [-0.15, -0.1) is 0 Å². The number of hydrogen-bond acceptors (Lipinski definition) is 6. The molecule has 0 heterocycles. The minimum atomic E-state index is -4.25. The monoisotopic (exact) mass is 566 g/mol. The molecule has 3 rings (SSSR count). The zero-order valence-corrected chi connectivity index (χ0v) is 23.8. The van der Waals surface area contributed by atoms with Gasteiger partial charge in [-0.25, -0.2) is 8.42 Å². The van der Waals surface area contributed by atoms with E-state index in [0.29, 0.717) is 6.42 Å². The molecule has 2 unspecified atom stereocenters. The summed E-state index contributed by atoms with van der Waals surface area (Å²) in [7, 11) is -4.25. The maximum Gasteiger partial charge on any atom is 0.269 e. The predicted octanol–water partition coefficient (Wildman–Crippen LogP) is 4.43. The van der Waals surface area contributed by atoms with Gasteiger partial charge in [-0.05, 0) is 57.0 Å². The SMILES string of the molecule is CCC(C)NC(=O)C(C)N(Cc1cccc(C)c1)C(=O)CN(c1ccc([N+](=O)[O-])cc1)S(=O)(=O)c1ccccc1. The van der Waals surface area contributed by atoms with Gasteiger partial charge in [0.15, 0.2) is 0 Å².